The molecular formula is C27H32O8S2. The molecule has 0 saturated carbocycles. The van der Waals surface area contributed by atoms with Gasteiger partial charge in [-0.1, -0.05) is 54.4 Å². The highest BCUT2D eigenvalue weighted by atomic mass is 32.2. The van der Waals surface area contributed by atoms with Gasteiger partial charge in [-0.25, -0.2) is 0 Å². The van der Waals surface area contributed by atoms with Crippen LogP contribution < -0.4 is 4.74 Å². The van der Waals surface area contributed by atoms with E-state index in [-0.39, 0.29) is 35.8 Å². The maximum atomic E-state index is 12.1. The van der Waals surface area contributed by atoms with Crippen molar-refractivity contribution in [3.8, 4) is 5.75 Å². The number of hydrogen-bond acceptors (Lipinski definition) is 6. The summed E-state index contributed by atoms with van der Waals surface area (Å²) < 4.78 is 79.2. The van der Waals surface area contributed by atoms with Crippen LogP contribution in [0.3, 0.4) is 0 Å². The smallest absolute Gasteiger partial charge is 0.294 e. The Hall–Kier alpha value is -2.76. The van der Waals surface area contributed by atoms with Crippen LogP contribution in [0.25, 0.3) is 0 Å². The largest absolute Gasteiger partial charge is 0.497 e. The van der Waals surface area contributed by atoms with E-state index in [1.807, 2.05) is 45.0 Å². The van der Waals surface area contributed by atoms with E-state index in [0.29, 0.717) is 16.9 Å². The van der Waals surface area contributed by atoms with E-state index >= 15 is 0 Å². The van der Waals surface area contributed by atoms with E-state index in [9.17, 15) is 25.9 Å². The van der Waals surface area contributed by atoms with Gasteiger partial charge in [0.15, 0.2) is 0 Å². The summed E-state index contributed by atoms with van der Waals surface area (Å²) in [6.07, 6.45) is 0.316. The highest BCUT2D eigenvalue weighted by molar-refractivity contribution is 7.86. The van der Waals surface area contributed by atoms with Crippen LogP contribution in [-0.2, 0) is 44.4 Å². The number of ether oxygens (including phenoxy) is 2. The SMILES string of the molecule is COc1ccc(COCC(C)(Cc2cc(C)ccc2S(=O)(=O)O)Cc2cc(C)ccc2S(=O)(=O)O)cc1. The molecule has 0 atom stereocenters. The molecule has 0 aromatic heterocycles. The highest BCUT2D eigenvalue weighted by Crippen LogP contribution is 2.34. The molecule has 0 amide bonds. The molecule has 8 nitrogen and oxygen atoms in total. The van der Waals surface area contributed by atoms with E-state index in [2.05, 4.69) is 0 Å². The minimum absolute atomic E-state index is 0.136. The second kappa shape index (κ2) is 11.3. The predicted octanol–water partition coefficient (Wildman–Crippen LogP) is 4.81. The Morgan fingerprint density at radius 1 is 0.757 bits per heavy atom. The third-order valence-electron chi connectivity index (χ3n) is 6.10. The topological polar surface area (TPSA) is 127 Å². The Kier molecular flexibility index (Phi) is 8.81. The van der Waals surface area contributed by atoms with Crippen LogP contribution in [0.4, 0.5) is 0 Å². The third-order valence-corrected chi connectivity index (χ3v) is 8.01. The molecule has 0 spiro atoms. The van der Waals surface area contributed by atoms with Crippen molar-refractivity contribution in [3.63, 3.8) is 0 Å². The molecule has 200 valence electrons. The van der Waals surface area contributed by atoms with Crippen molar-refractivity contribution in [2.75, 3.05) is 13.7 Å². The quantitative estimate of drug-likeness (QED) is 0.327. The van der Waals surface area contributed by atoms with Crippen molar-refractivity contribution in [1.29, 1.82) is 0 Å². The van der Waals surface area contributed by atoms with Gasteiger partial charge in [0.25, 0.3) is 20.2 Å². The van der Waals surface area contributed by atoms with Gasteiger partial charge in [0, 0.05) is 0 Å². The Labute approximate surface area is 218 Å². The van der Waals surface area contributed by atoms with Crippen LogP contribution in [-0.4, -0.2) is 39.7 Å². The predicted molar refractivity (Wildman–Crippen MR) is 140 cm³/mol. The molecule has 37 heavy (non-hydrogen) atoms. The van der Waals surface area contributed by atoms with Gasteiger partial charge in [0.1, 0.15) is 5.75 Å². The molecule has 0 aliphatic heterocycles. The monoisotopic (exact) mass is 548 g/mol. The summed E-state index contributed by atoms with van der Waals surface area (Å²) in [6, 6.07) is 16.6. The lowest BCUT2D eigenvalue weighted by Gasteiger charge is -2.31. The Morgan fingerprint density at radius 3 is 1.62 bits per heavy atom. The number of hydrogen-bond donors (Lipinski definition) is 2. The molecule has 0 radical (unpaired) electrons. The molecule has 0 aliphatic carbocycles. The number of methoxy groups -OCH3 is 1. The van der Waals surface area contributed by atoms with Gasteiger partial charge in [0.05, 0.1) is 30.1 Å². The summed E-state index contributed by atoms with van der Waals surface area (Å²) in [5.41, 5.74) is 2.47. The summed E-state index contributed by atoms with van der Waals surface area (Å²) in [4.78, 5) is -0.419. The highest BCUT2D eigenvalue weighted by Gasteiger charge is 2.31. The van der Waals surface area contributed by atoms with Crippen molar-refractivity contribution < 1.29 is 35.4 Å². The first-order valence-electron chi connectivity index (χ1n) is 11.5. The fourth-order valence-corrected chi connectivity index (χ4v) is 5.82. The molecule has 0 saturated heterocycles. The van der Waals surface area contributed by atoms with Crippen molar-refractivity contribution in [2.45, 2.75) is 50.0 Å². The molecule has 0 heterocycles. The van der Waals surface area contributed by atoms with Crippen LogP contribution in [0.15, 0.2) is 70.5 Å². The van der Waals surface area contributed by atoms with Crippen LogP contribution >= 0.6 is 0 Å². The average Bonchev–Trinajstić information content (AvgIpc) is 2.78. The Morgan fingerprint density at radius 2 is 1.22 bits per heavy atom. The molecule has 0 fully saturated rings. The summed E-state index contributed by atoms with van der Waals surface area (Å²) in [7, 11) is -7.41. The third kappa shape index (κ3) is 7.86. The molecular weight excluding hydrogens is 516 g/mol. The number of rotatable bonds is 11. The first kappa shape index (κ1) is 28.8. The van der Waals surface area contributed by atoms with Crippen LogP contribution in [0.1, 0.15) is 34.7 Å². The van der Waals surface area contributed by atoms with Gasteiger partial charge >= 0.3 is 0 Å². The first-order chi connectivity index (χ1) is 17.2. The van der Waals surface area contributed by atoms with Crippen LogP contribution in [0.2, 0.25) is 0 Å². The summed E-state index contributed by atoms with van der Waals surface area (Å²) in [5, 5.41) is 0. The van der Waals surface area contributed by atoms with Crippen LogP contribution in [0, 0.1) is 19.3 Å². The minimum Gasteiger partial charge on any atom is -0.497 e. The number of aryl methyl sites for hydroxylation is 2. The maximum Gasteiger partial charge on any atom is 0.294 e. The van der Waals surface area contributed by atoms with Crippen molar-refractivity contribution in [1.82, 2.24) is 0 Å². The minimum atomic E-state index is -4.49. The second-order valence-corrected chi connectivity index (χ2v) is 12.5. The van der Waals surface area contributed by atoms with E-state index < -0.39 is 25.7 Å². The van der Waals surface area contributed by atoms with Gasteiger partial charge < -0.3 is 9.47 Å². The first-order valence-corrected chi connectivity index (χ1v) is 14.4. The fourth-order valence-electron chi connectivity index (χ4n) is 4.42. The second-order valence-electron chi connectivity index (χ2n) is 9.68. The zero-order valence-corrected chi connectivity index (χ0v) is 22.9. The molecule has 0 unspecified atom stereocenters. The lowest BCUT2D eigenvalue weighted by molar-refractivity contribution is 0.0416. The van der Waals surface area contributed by atoms with E-state index in [1.165, 1.54) is 12.1 Å². The lowest BCUT2D eigenvalue weighted by Crippen LogP contribution is -2.30. The summed E-state index contributed by atoms with van der Waals surface area (Å²) in [6.45, 7) is 5.87. The molecule has 3 rings (SSSR count). The van der Waals surface area contributed by atoms with Crippen molar-refractivity contribution >= 4 is 20.2 Å². The van der Waals surface area contributed by atoms with E-state index in [4.69, 9.17) is 9.47 Å². The molecule has 10 heteroatoms. The van der Waals surface area contributed by atoms with Gasteiger partial charge in [-0.15, -0.1) is 0 Å². The van der Waals surface area contributed by atoms with E-state index in [0.717, 1.165) is 16.7 Å². The summed E-state index contributed by atoms with van der Waals surface area (Å²) >= 11 is 0. The Bertz CT molecular complexity index is 1380. The zero-order chi connectivity index (χ0) is 27.4. The Balaban J connectivity index is 1.99. The molecule has 0 bridgehead atoms. The molecule has 2 N–H and O–H groups in total. The van der Waals surface area contributed by atoms with Crippen molar-refractivity contribution in [2.24, 2.45) is 5.41 Å². The molecule has 3 aromatic rings. The van der Waals surface area contributed by atoms with Crippen LogP contribution in [0.5, 0.6) is 5.75 Å². The van der Waals surface area contributed by atoms with Gasteiger partial charge in [-0.3, -0.25) is 9.11 Å². The fraction of sp³-hybridized carbons (Fsp3) is 0.333. The summed E-state index contributed by atoms with van der Waals surface area (Å²) in [5.74, 6) is 0.711. The lowest BCUT2D eigenvalue weighted by atomic mass is 9.78. The molecule has 0 aliphatic rings. The molecule has 3 aromatic carbocycles. The van der Waals surface area contributed by atoms with Gasteiger partial charge in [-0.2, -0.15) is 16.8 Å². The van der Waals surface area contributed by atoms with E-state index in [1.54, 1.807) is 31.4 Å². The van der Waals surface area contributed by atoms with Gasteiger partial charge in [0.2, 0.25) is 0 Å². The van der Waals surface area contributed by atoms with Crippen molar-refractivity contribution in [3.05, 3.63) is 88.5 Å². The zero-order valence-electron chi connectivity index (χ0n) is 21.3. The normalized spacial score (nSPS) is 12.5. The maximum absolute atomic E-state index is 12.1. The average molecular weight is 549 g/mol. The number of benzene rings is 3. The standard InChI is InChI=1S/C27H32O8S2/c1-19-5-11-25(36(28,29)30)22(13-19)15-27(3,18-35-17-21-7-9-24(34-4)10-8-21)16-23-14-20(2)6-12-26(23)37(31,32)33/h5-14H,15-18H2,1-4H3,(H,28,29,30)(H,31,32,33). The van der Waals surface area contributed by atoms with Gasteiger partial charge in [-0.05, 0) is 73.1 Å².